The maximum absolute atomic E-state index is 14.6. The third kappa shape index (κ3) is 6.97. The molecule has 2 spiro atoms. The highest BCUT2D eigenvalue weighted by molar-refractivity contribution is 7.92. The Labute approximate surface area is 311 Å². The zero-order valence-electron chi connectivity index (χ0n) is 30.0. The molecule has 3 amide bonds. The number of allylic oxidation sites excluding steroid dienone is 1. The van der Waals surface area contributed by atoms with Crippen LogP contribution < -0.4 is 14.4 Å². The number of anilines is 1. The van der Waals surface area contributed by atoms with E-state index in [2.05, 4.69) is 38.3 Å². The topological polar surface area (TPSA) is 119 Å². The van der Waals surface area contributed by atoms with Crippen molar-refractivity contribution in [2.75, 3.05) is 70.4 Å². The number of ether oxygens (including phenoxy) is 4. The number of fused-ring (bicyclic) bond motifs is 4. The van der Waals surface area contributed by atoms with E-state index in [4.69, 9.17) is 30.5 Å². The molecule has 0 radical (unpaired) electrons. The summed E-state index contributed by atoms with van der Waals surface area (Å²) in [5, 5.41) is 0.741. The minimum Gasteiger partial charge on any atom is -0.490 e. The minimum absolute atomic E-state index is 0.0171. The van der Waals surface area contributed by atoms with Gasteiger partial charge < -0.3 is 28.7 Å². The second-order valence-electron chi connectivity index (χ2n) is 15.8. The molecule has 2 aliphatic carbocycles. The van der Waals surface area contributed by atoms with Gasteiger partial charge in [-0.3, -0.25) is 9.52 Å². The van der Waals surface area contributed by atoms with Gasteiger partial charge in [-0.15, -0.1) is 4.36 Å². The van der Waals surface area contributed by atoms with Gasteiger partial charge in [-0.2, -0.15) is 0 Å². The summed E-state index contributed by atoms with van der Waals surface area (Å²) >= 11 is 6.46. The predicted molar refractivity (Wildman–Crippen MR) is 200 cm³/mol. The maximum Gasteiger partial charge on any atom is 0.330 e. The first-order chi connectivity index (χ1) is 25.1. The number of halogens is 1. The van der Waals surface area contributed by atoms with E-state index in [9.17, 15) is 13.8 Å². The fraction of sp³-hybridized carbons (Fsp3) is 0.590. The zero-order valence-corrected chi connectivity index (χ0v) is 31.6. The van der Waals surface area contributed by atoms with Crippen molar-refractivity contribution in [1.29, 1.82) is 0 Å². The normalized spacial score (nSPS) is 33.3. The summed E-state index contributed by atoms with van der Waals surface area (Å²) in [6.07, 6.45) is 9.90. The SMILES string of the molecule is CO[C@H]1/C=C/C[C@H](C)CS(=O)(NC(=O)N2CC3(COCCO3)C2)=NC(=O)c2ccc3c(c2)N(C[C@@H]2CC[C@H]21)C[C@@]1(CCCc2cc(Cl)ccc21)CO3. The van der Waals surface area contributed by atoms with Crippen molar-refractivity contribution in [2.24, 2.45) is 22.1 Å². The van der Waals surface area contributed by atoms with Crippen LogP contribution in [0.5, 0.6) is 5.75 Å². The number of hydrogen-bond donors (Lipinski definition) is 1. The van der Waals surface area contributed by atoms with Crippen LogP contribution >= 0.6 is 11.6 Å². The summed E-state index contributed by atoms with van der Waals surface area (Å²) in [5.41, 5.74) is 2.87. The number of nitrogens with zero attached hydrogens (tertiary/aromatic N) is 3. The molecule has 8 rings (SSSR count). The second kappa shape index (κ2) is 14.2. The Kier molecular flexibility index (Phi) is 9.82. The lowest BCUT2D eigenvalue weighted by molar-refractivity contribution is -0.205. The number of carbonyl (C=O) groups is 2. The van der Waals surface area contributed by atoms with Gasteiger partial charge >= 0.3 is 6.03 Å². The Morgan fingerprint density at radius 3 is 2.75 bits per heavy atom. The van der Waals surface area contributed by atoms with Crippen molar-refractivity contribution in [3.8, 4) is 5.75 Å². The Hall–Kier alpha value is -3.16. The first-order valence-electron chi connectivity index (χ1n) is 18.6. The standard InChI is InChI=1S/C39H49ClN4O7S/c1-26-5-3-7-34(48-2)31-11-8-29(31)19-43-21-38(14-4-6-27-17-30(40)10-12-32(27)38)24-50-35-13-9-28(18-33(35)43)36(45)41-52(47,20-26)42-37(46)44-22-39(23-44)25-49-15-16-51-39/h3,7,9-10,12-13,17-18,26,29,31,34H,4-6,8,11,14-16,19-25H2,1-2H3,(H,41,42,45,46,47)/b7-3+/t26-,29-,31+,34-,38-,52?/m0/s1. The van der Waals surface area contributed by atoms with Crippen molar-refractivity contribution >= 4 is 39.1 Å². The van der Waals surface area contributed by atoms with Crippen LogP contribution in [0.25, 0.3) is 0 Å². The highest BCUT2D eigenvalue weighted by Gasteiger charge is 2.49. The Morgan fingerprint density at radius 1 is 1.12 bits per heavy atom. The van der Waals surface area contributed by atoms with Crippen LogP contribution in [0.4, 0.5) is 10.5 Å². The monoisotopic (exact) mass is 752 g/mol. The Balaban J connectivity index is 1.15. The first-order valence-corrected chi connectivity index (χ1v) is 20.7. The quantitative estimate of drug-likeness (QED) is 0.384. The van der Waals surface area contributed by atoms with Gasteiger partial charge in [0, 0.05) is 36.2 Å². The largest absolute Gasteiger partial charge is 0.490 e. The molecule has 1 unspecified atom stereocenters. The third-order valence-corrected chi connectivity index (χ3v) is 14.2. The molecule has 2 aromatic rings. The van der Waals surface area contributed by atoms with Crippen LogP contribution in [0.1, 0.15) is 60.5 Å². The minimum atomic E-state index is -3.51. The number of carbonyl (C=O) groups excluding carboxylic acids is 2. The first kappa shape index (κ1) is 35.8. The summed E-state index contributed by atoms with van der Waals surface area (Å²) in [6.45, 7) is 6.01. The Morgan fingerprint density at radius 2 is 1.98 bits per heavy atom. The summed E-state index contributed by atoms with van der Waals surface area (Å²) < 4.78 is 45.8. The number of amides is 3. The van der Waals surface area contributed by atoms with Crippen LogP contribution in [0.2, 0.25) is 5.02 Å². The van der Waals surface area contributed by atoms with Gasteiger partial charge in [0.25, 0.3) is 5.91 Å². The summed E-state index contributed by atoms with van der Waals surface area (Å²) in [6, 6.07) is 11.1. The highest BCUT2D eigenvalue weighted by atomic mass is 35.5. The average molecular weight is 753 g/mol. The number of benzene rings is 2. The summed E-state index contributed by atoms with van der Waals surface area (Å²) in [7, 11) is -1.75. The molecule has 11 nitrogen and oxygen atoms in total. The van der Waals surface area contributed by atoms with E-state index in [0.717, 1.165) is 55.9 Å². The zero-order chi connectivity index (χ0) is 36.1. The average Bonchev–Trinajstić information content (AvgIpc) is 3.24. The number of hydrogen-bond acceptors (Lipinski definition) is 8. The van der Waals surface area contributed by atoms with E-state index in [1.165, 1.54) is 16.0 Å². The molecule has 2 saturated heterocycles. The van der Waals surface area contributed by atoms with Crippen LogP contribution in [-0.2, 0) is 36.0 Å². The van der Waals surface area contributed by atoms with E-state index >= 15 is 0 Å². The molecular weight excluding hydrogens is 704 g/mol. The van der Waals surface area contributed by atoms with Gasteiger partial charge in [-0.25, -0.2) is 9.00 Å². The van der Waals surface area contributed by atoms with Gasteiger partial charge in [-0.1, -0.05) is 36.7 Å². The van der Waals surface area contributed by atoms with Gasteiger partial charge in [0.2, 0.25) is 0 Å². The molecule has 4 heterocycles. The van der Waals surface area contributed by atoms with Crippen molar-refractivity contribution in [1.82, 2.24) is 9.62 Å². The van der Waals surface area contributed by atoms with Crippen molar-refractivity contribution in [3.63, 3.8) is 0 Å². The van der Waals surface area contributed by atoms with Crippen molar-refractivity contribution < 1.29 is 32.7 Å². The molecule has 2 aromatic carbocycles. The molecule has 6 atom stereocenters. The Bertz CT molecular complexity index is 1870. The fourth-order valence-corrected chi connectivity index (χ4v) is 11.2. The number of urea groups is 1. The number of likely N-dealkylation sites (tertiary alicyclic amines) is 1. The molecule has 3 fully saturated rings. The van der Waals surface area contributed by atoms with E-state index in [0.29, 0.717) is 69.1 Å². The molecule has 13 heteroatoms. The fourth-order valence-electron chi connectivity index (χ4n) is 9.16. The molecule has 6 aliphatic rings. The van der Waals surface area contributed by atoms with E-state index in [1.54, 1.807) is 13.2 Å². The number of nitrogens with one attached hydrogen (secondary N) is 1. The molecular formula is C39H49ClN4O7S. The van der Waals surface area contributed by atoms with E-state index < -0.39 is 27.5 Å². The van der Waals surface area contributed by atoms with Crippen LogP contribution in [-0.4, -0.2) is 98.2 Å². The van der Waals surface area contributed by atoms with Crippen LogP contribution in [0, 0.1) is 17.8 Å². The van der Waals surface area contributed by atoms with Crippen LogP contribution in [0.15, 0.2) is 52.9 Å². The number of rotatable bonds is 2. The predicted octanol–water partition coefficient (Wildman–Crippen LogP) is 5.78. The van der Waals surface area contributed by atoms with Gasteiger partial charge in [0.15, 0.2) is 0 Å². The van der Waals surface area contributed by atoms with Crippen molar-refractivity contribution in [2.45, 2.75) is 62.6 Å². The summed E-state index contributed by atoms with van der Waals surface area (Å²) in [4.78, 5) is 31.4. The van der Waals surface area contributed by atoms with Gasteiger partial charge in [0.1, 0.15) is 21.3 Å². The maximum atomic E-state index is 14.6. The molecule has 2 bridgehead atoms. The lowest BCUT2D eigenvalue weighted by Crippen LogP contribution is -2.70. The number of methoxy groups -OCH3 is 1. The molecule has 280 valence electrons. The molecule has 52 heavy (non-hydrogen) atoms. The van der Waals surface area contributed by atoms with E-state index in [1.807, 2.05) is 25.1 Å². The van der Waals surface area contributed by atoms with Crippen LogP contribution in [0.3, 0.4) is 0 Å². The lowest BCUT2D eigenvalue weighted by Gasteiger charge is -2.50. The molecule has 4 aliphatic heterocycles. The molecule has 0 aromatic heterocycles. The van der Waals surface area contributed by atoms with Crippen molar-refractivity contribution in [3.05, 3.63) is 70.3 Å². The highest BCUT2D eigenvalue weighted by Crippen LogP contribution is 2.47. The smallest absolute Gasteiger partial charge is 0.330 e. The molecule has 1 saturated carbocycles. The van der Waals surface area contributed by atoms with Gasteiger partial charge in [-0.05, 0) is 97.7 Å². The van der Waals surface area contributed by atoms with E-state index in [-0.39, 0.29) is 23.2 Å². The third-order valence-electron chi connectivity index (χ3n) is 12.0. The number of aryl methyl sites for hydroxylation is 1. The second-order valence-corrected chi connectivity index (χ2v) is 18.2. The molecule has 1 N–H and O–H groups in total. The lowest BCUT2D eigenvalue weighted by atomic mass is 9.68. The summed E-state index contributed by atoms with van der Waals surface area (Å²) in [5.74, 6) is 0.681. The van der Waals surface area contributed by atoms with Gasteiger partial charge in [0.05, 0.1) is 57.1 Å².